The van der Waals surface area contributed by atoms with E-state index >= 15 is 0 Å². The zero-order chi connectivity index (χ0) is 20.8. The van der Waals surface area contributed by atoms with E-state index in [2.05, 4.69) is 5.10 Å². The topological polar surface area (TPSA) is 84.6 Å². The minimum absolute atomic E-state index is 0.0741. The monoisotopic (exact) mass is 399 g/mol. The van der Waals surface area contributed by atoms with Gasteiger partial charge in [0.2, 0.25) is 5.91 Å². The quantitative estimate of drug-likeness (QED) is 0.681. The molecule has 2 heterocycles. The Bertz CT molecular complexity index is 861. The molecule has 0 aliphatic carbocycles. The molecule has 29 heavy (non-hydrogen) atoms. The number of rotatable bonds is 8. The van der Waals surface area contributed by atoms with Crippen molar-refractivity contribution in [3.63, 3.8) is 0 Å². The van der Waals surface area contributed by atoms with Gasteiger partial charge in [-0.3, -0.25) is 9.59 Å². The van der Waals surface area contributed by atoms with Crippen LogP contribution in [0.25, 0.3) is 0 Å². The van der Waals surface area contributed by atoms with Gasteiger partial charge in [-0.25, -0.2) is 5.01 Å². The number of carbonyl (C=O) groups is 2. The fraction of sp³-hybridized carbons (Fsp3) is 0.381. The summed E-state index contributed by atoms with van der Waals surface area (Å²) in [4.78, 5) is 26.4. The molecule has 0 radical (unpaired) electrons. The average Bonchev–Trinajstić information content (AvgIpc) is 3.40. The largest absolute Gasteiger partial charge is 0.497 e. The summed E-state index contributed by atoms with van der Waals surface area (Å²) in [6.45, 7) is 2.05. The Kier molecular flexibility index (Phi) is 6.66. The van der Waals surface area contributed by atoms with Crippen LogP contribution in [0, 0.1) is 0 Å². The first-order valence-electron chi connectivity index (χ1n) is 9.35. The van der Waals surface area contributed by atoms with Crippen molar-refractivity contribution in [2.24, 2.45) is 5.10 Å². The Morgan fingerprint density at radius 1 is 1.24 bits per heavy atom. The van der Waals surface area contributed by atoms with E-state index in [1.807, 2.05) is 30.3 Å². The van der Waals surface area contributed by atoms with Crippen LogP contribution < -0.4 is 4.74 Å². The van der Waals surface area contributed by atoms with E-state index in [-0.39, 0.29) is 24.4 Å². The van der Waals surface area contributed by atoms with Crippen LogP contribution in [0.4, 0.5) is 0 Å². The third-order valence-corrected chi connectivity index (χ3v) is 4.80. The van der Waals surface area contributed by atoms with Gasteiger partial charge in [0.25, 0.3) is 5.91 Å². The number of hydrogen-bond donors (Lipinski definition) is 0. The number of furan rings is 1. The van der Waals surface area contributed by atoms with E-state index in [0.29, 0.717) is 25.3 Å². The molecule has 1 aliphatic heterocycles. The van der Waals surface area contributed by atoms with Crippen molar-refractivity contribution in [1.82, 2.24) is 9.91 Å². The summed E-state index contributed by atoms with van der Waals surface area (Å²) in [5.74, 6) is 0.930. The van der Waals surface area contributed by atoms with Crippen LogP contribution in [0.2, 0.25) is 0 Å². The number of methoxy groups -OCH3 is 2. The summed E-state index contributed by atoms with van der Waals surface area (Å²) in [7, 11) is 3.17. The number of hydrazone groups is 1. The molecule has 3 rings (SSSR count). The Hall–Kier alpha value is -3.13. The molecule has 0 saturated carbocycles. The first kappa shape index (κ1) is 20.6. The van der Waals surface area contributed by atoms with E-state index in [4.69, 9.17) is 13.9 Å². The molecule has 0 saturated heterocycles. The smallest absolute Gasteiger partial charge is 0.262 e. The fourth-order valence-corrected chi connectivity index (χ4v) is 3.19. The minimum Gasteiger partial charge on any atom is -0.497 e. The highest BCUT2D eigenvalue weighted by atomic mass is 16.5. The molecule has 0 unspecified atom stereocenters. The Morgan fingerprint density at radius 2 is 2.00 bits per heavy atom. The number of benzene rings is 1. The highest BCUT2D eigenvalue weighted by Crippen LogP contribution is 2.33. The Labute approximate surface area is 169 Å². The zero-order valence-electron chi connectivity index (χ0n) is 16.8. The molecule has 1 aliphatic rings. The van der Waals surface area contributed by atoms with Gasteiger partial charge in [-0.2, -0.15) is 5.10 Å². The lowest BCUT2D eigenvalue weighted by molar-refractivity contribution is -0.141. The fourth-order valence-electron chi connectivity index (χ4n) is 3.19. The maximum absolute atomic E-state index is 13.0. The standard InChI is InChI=1S/C21H25N3O5/c1-15(25)23(10-12-27-2)14-21(26)24-19(20-5-4-11-29-20)13-18(22-24)16-6-8-17(28-3)9-7-16/h4-9,11,19H,10,12-14H2,1-3H3/t19-/m0/s1. The minimum atomic E-state index is -0.356. The van der Waals surface area contributed by atoms with Crippen molar-refractivity contribution in [3.05, 3.63) is 54.0 Å². The molecule has 0 N–H and O–H groups in total. The second-order valence-corrected chi connectivity index (χ2v) is 6.68. The number of hydrogen-bond acceptors (Lipinski definition) is 6. The normalized spacial score (nSPS) is 15.9. The molecule has 0 fully saturated rings. The van der Waals surface area contributed by atoms with E-state index in [1.165, 1.54) is 16.8 Å². The molecule has 8 nitrogen and oxygen atoms in total. The molecule has 2 amide bonds. The van der Waals surface area contributed by atoms with E-state index < -0.39 is 0 Å². The van der Waals surface area contributed by atoms with Crippen LogP contribution in [-0.2, 0) is 14.3 Å². The molecule has 8 heteroatoms. The first-order chi connectivity index (χ1) is 14.0. The van der Waals surface area contributed by atoms with Crippen LogP contribution >= 0.6 is 0 Å². The third kappa shape index (κ3) is 4.83. The number of amides is 2. The predicted octanol–water partition coefficient (Wildman–Crippen LogP) is 2.46. The van der Waals surface area contributed by atoms with Crippen molar-refractivity contribution in [2.75, 3.05) is 33.9 Å². The molecular weight excluding hydrogens is 374 g/mol. The van der Waals surface area contributed by atoms with Crippen molar-refractivity contribution in [2.45, 2.75) is 19.4 Å². The van der Waals surface area contributed by atoms with Crippen LogP contribution in [0.3, 0.4) is 0 Å². The molecule has 1 atom stereocenters. The number of ether oxygens (including phenoxy) is 2. The summed E-state index contributed by atoms with van der Waals surface area (Å²) in [6.07, 6.45) is 2.09. The first-order valence-corrected chi connectivity index (χ1v) is 9.35. The van der Waals surface area contributed by atoms with Crippen LogP contribution in [-0.4, -0.2) is 61.4 Å². The van der Waals surface area contributed by atoms with Gasteiger partial charge in [0.1, 0.15) is 24.1 Å². The lowest BCUT2D eigenvalue weighted by Crippen LogP contribution is -2.41. The van der Waals surface area contributed by atoms with Crippen molar-refractivity contribution in [3.8, 4) is 5.75 Å². The van der Waals surface area contributed by atoms with Gasteiger partial charge in [0.15, 0.2) is 0 Å². The van der Waals surface area contributed by atoms with Gasteiger partial charge in [-0.05, 0) is 42.0 Å². The second-order valence-electron chi connectivity index (χ2n) is 6.68. The summed E-state index contributed by atoms with van der Waals surface area (Å²) < 4.78 is 15.8. The lowest BCUT2D eigenvalue weighted by atomic mass is 10.0. The lowest BCUT2D eigenvalue weighted by Gasteiger charge is -2.25. The van der Waals surface area contributed by atoms with Crippen molar-refractivity contribution in [1.29, 1.82) is 0 Å². The van der Waals surface area contributed by atoms with Crippen LogP contribution in [0.5, 0.6) is 5.75 Å². The van der Waals surface area contributed by atoms with E-state index in [1.54, 1.807) is 26.5 Å². The molecule has 1 aromatic carbocycles. The van der Waals surface area contributed by atoms with Gasteiger partial charge in [-0.1, -0.05) is 0 Å². The van der Waals surface area contributed by atoms with Gasteiger partial charge < -0.3 is 18.8 Å². The molecule has 154 valence electrons. The summed E-state index contributed by atoms with van der Waals surface area (Å²) in [6, 6.07) is 10.8. The summed E-state index contributed by atoms with van der Waals surface area (Å²) in [5.41, 5.74) is 1.68. The van der Waals surface area contributed by atoms with Gasteiger partial charge in [0.05, 0.1) is 25.7 Å². The Morgan fingerprint density at radius 3 is 2.59 bits per heavy atom. The maximum atomic E-state index is 13.0. The Balaban J connectivity index is 1.83. The number of nitrogens with zero attached hydrogens (tertiary/aromatic N) is 3. The maximum Gasteiger partial charge on any atom is 0.262 e. The predicted molar refractivity (Wildman–Crippen MR) is 107 cm³/mol. The highest BCUT2D eigenvalue weighted by Gasteiger charge is 2.35. The average molecular weight is 399 g/mol. The van der Waals surface area contributed by atoms with Gasteiger partial charge in [-0.15, -0.1) is 0 Å². The molecule has 1 aromatic heterocycles. The van der Waals surface area contributed by atoms with Crippen molar-refractivity contribution >= 4 is 17.5 Å². The van der Waals surface area contributed by atoms with E-state index in [0.717, 1.165) is 17.0 Å². The van der Waals surface area contributed by atoms with Gasteiger partial charge in [0, 0.05) is 27.0 Å². The third-order valence-electron chi connectivity index (χ3n) is 4.80. The molecule has 2 aromatic rings. The van der Waals surface area contributed by atoms with Crippen LogP contribution in [0.15, 0.2) is 52.2 Å². The van der Waals surface area contributed by atoms with Crippen molar-refractivity contribution < 1.29 is 23.5 Å². The molecule has 0 spiro atoms. The summed E-state index contributed by atoms with van der Waals surface area (Å²) >= 11 is 0. The molecular formula is C21H25N3O5. The van der Waals surface area contributed by atoms with Crippen LogP contribution in [0.1, 0.15) is 30.7 Å². The second kappa shape index (κ2) is 9.38. The molecule has 0 bridgehead atoms. The zero-order valence-corrected chi connectivity index (χ0v) is 16.8. The van der Waals surface area contributed by atoms with E-state index in [9.17, 15) is 9.59 Å². The van der Waals surface area contributed by atoms with Gasteiger partial charge >= 0.3 is 0 Å². The SMILES string of the molecule is COCCN(CC(=O)N1N=C(c2ccc(OC)cc2)C[C@H]1c1ccco1)C(C)=O. The highest BCUT2D eigenvalue weighted by molar-refractivity contribution is 6.03. The summed E-state index contributed by atoms with van der Waals surface area (Å²) in [5, 5.41) is 5.99. The number of carbonyl (C=O) groups excluding carboxylic acids is 2.